The molecule has 2 heterocycles. The molecule has 0 amide bonds. The van der Waals surface area contributed by atoms with Crippen LogP contribution in [0.4, 0.5) is 11.5 Å². The van der Waals surface area contributed by atoms with E-state index in [9.17, 15) is 4.79 Å². The van der Waals surface area contributed by atoms with E-state index in [2.05, 4.69) is 14.9 Å². The van der Waals surface area contributed by atoms with Crippen molar-refractivity contribution in [2.45, 2.75) is 39.0 Å². The van der Waals surface area contributed by atoms with E-state index in [0.29, 0.717) is 13.0 Å². The third kappa shape index (κ3) is 5.99. The molecule has 2 rings (SSSR count). The van der Waals surface area contributed by atoms with Gasteiger partial charge in [-0.1, -0.05) is 18.9 Å². The standard InChI is InChI=1S/C19H25N3O2/c1-2-24-19(23)12-5-3-4-8-15-22(17-10-9-13-20-16-17)18-11-6-7-14-21-18/h6-7,9-11,13-14,16H,2-5,8,12,15H2,1H3. The number of unbranched alkanes of at least 4 members (excludes halogenated alkanes) is 3. The third-order valence-electron chi connectivity index (χ3n) is 3.70. The van der Waals surface area contributed by atoms with Crippen molar-refractivity contribution in [3.8, 4) is 0 Å². The van der Waals surface area contributed by atoms with Crippen molar-refractivity contribution in [2.75, 3.05) is 18.1 Å². The minimum absolute atomic E-state index is 0.0945. The fourth-order valence-corrected chi connectivity index (χ4v) is 2.53. The number of pyridine rings is 2. The highest BCUT2D eigenvalue weighted by molar-refractivity contribution is 5.69. The number of esters is 1. The van der Waals surface area contributed by atoms with E-state index in [1.54, 1.807) is 12.4 Å². The topological polar surface area (TPSA) is 55.3 Å². The minimum Gasteiger partial charge on any atom is -0.466 e. The number of rotatable bonds is 10. The Labute approximate surface area is 143 Å². The summed E-state index contributed by atoms with van der Waals surface area (Å²) < 4.78 is 4.94. The van der Waals surface area contributed by atoms with Crippen LogP contribution in [-0.2, 0) is 9.53 Å². The molecule has 0 spiro atoms. The summed E-state index contributed by atoms with van der Waals surface area (Å²) >= 11 is 0. The number of hydrogen-bond donors (Lipinski definition) is 0. The molecular weight excluding hydrogens is 302 g/mol. The molecule has 0 fully saturated rings. The fraction of sp³-hybridized carbons (Fsp3) is 0.421. The van der Waals surface area contributed by atoms with Crippen LogP contribution in [0.1, 0.15) is 39.0 Å². The molecular formula is C19H25N3O2. The summed E-state index contributed by atoms with van der Waals surface area (Å²) in [5.41, 5.74) is 1.04. The van der Waals surface area contributed by atoms with E-state index < -0.39 is 0 Å². The van der Waals surface area contributed by atoms with Crippen molar-refractivity contribution < 1.29 is 9.53 Å². The molecule has 2 aromatic heterocycles. The number of aromatic nitrogens is 2. The summed E-state index contributed by atoms with van der Waals surface area (Å²) in [5.74, 6) is 0.833. The van der Waals surface area contributed by atoms with Crippen LogP contribution in [0.5, 0.6) is 0 Å². The molecule has 0 aliphatic heterocycles. The summed E-state index contributed by atoms with van der Waals surface area (Å²) in [6.07, 6.45) is 9.97. The summed E-state index contributed by atoms with van der Waals surface area (Å²) in [6.45, 7) is 3.17. The number of carbonyl (C=O) groups excluding carboxylic acids is 1. The van der Waals surface area contributed by atoms with Gasteiger partial charge in [0.25, 0.3) is 0 Å². The zero-order valence-electron chi connectivity index (χ0n) is 14.2. The lowest BCUT2D eigenvalue weighted by atomic mass is 10.1. The SMILES string of the molecule is CCOC(=O)CCCCCCN(c1cccnc1)c1ccccn1. The molecule has 5 heteroatoms. The van der Waals surface area contributed by atoms with Crippen molar-refractivity contribution in [3.05, 3.63) is 48.9 Å². The molecule has 0 bridgehead atoms. The largest absolute Gasteiger partial charge is 0.466 e. The summed E-state index contributed by atoms with van der Waals surface area (Å²) in [5, 5.41) is 0. The second-order valence-corrected chi connectivity index (χ2v) is 5.52. The van der Waals surface area contributed by atoms with Crippen LogP contribution < -0.4 is 4.90 Å². The van der Waals surface area contributed by atoms with Crippen molar-refractivity contribution in [2.24, 2.45) is 0 Å². The van der Waals surface area contributed by atoms with Crippen molar-refractivity contribution in [3.63, 3.8) is 0 Å². The van der Waals surface area contributed by atoms with E-state index in [0.717, 1.165) is 43.7 Å². The van der Waals surface area contributed by atoms with Gasteiger partial charge in [-0.2, -0.15) is 0 Å². The van der Waals surface area contributed by atoms with Gasteiger partial charge in [-0.15, -0.1) is 0 Å². The molecule has 0 N–H and O–H groups in total. The lowest BCUT2D eigenvalue weighted by Crippen LogP contribution is -2.19. The molecule has 0 atom stereocenters. The average molecular weight is 327 g/mol. The number of hydrogen-bond acceptors (Lipinski definition) is 5. The Hall–Kier alpha value is -2.43. The van der Waals surface area contributed by atoms with Gasteiger partial charge < -0.3 is 9.64 Å². The second-order valence-electron chi connectivity index (χ2n) is 5.52. The number of ether oxygens (including phenoxy) is 1. The van der Waals surface area contributed by atoms with Crippen molar-refractivity contribution in [1.82, 2.24) is 9.97 Å². The normalized spacial score (nSPS) is 10.4. The Morgan fingerprint density at radius 2 is 1.96 bits per heavy atom. The van der Waals surface area contributed by atoms with Crippen LogP contribution in [0.25, 0.3) is 0 Å². The Morgan fingerprint density at radius 1 is 1.08 bits per heavy atom. The molecule has 2 aromatic rings. The van der Waals surface area contributed by atoms with E-state index in [1.165, 1.54) is 0 Å². The van der Waals surface area contributed by atoms with Gasteiger partial charge in [-0.3, -0.25) is 9.78 Å². The molecule has 24 heavy (non-hydrogen) atoms. The lowest BCUT2D eigenvalue weighted by Gasteiger charge is -2.23. The van der Waals surface area contributed by atoms with E-state index in [-0.39, 0.29) is 5.97 Å². The molecule has 5 nitrogen and oxygen atoms in total. The van der Waals surface area contributed by atoms with E-state index >= 15 is 0 Å². The molecule has 0 unspecified atom stereocenters. The Bertz CT molecular complexity index is 551. The van der Waals surface area contributed by atoms with Gasteiger partial charge in [0, 0.05) is 25.4 Å². The maximum absolute atomic E-state index is 11.3. The second kappa shape index (κ2) is 10.4. The number of nitrogens with zero attached hydrogens (tertiary/aromatic N) is 3. The monoisotopic (exact) mass is 327 g/mol. The minimum atomic E-state index is -0.0945. The highest BCUT2D eigenvalue weighted by atomic mass is 16.5. The Kier molecular flexibility index (Phi) is 7.74. The van der Waals surface area contributed by atoms with Gasteiger partial charge in [0.1, 0.15) is 5.82 Å². The van der Waals surface area contributed by atoms with Gasteiger partial charge in [0.15, 0.2) is 0 Å². The molecule has 128 valence electrons. The zero-order chi connectivity index (χ0) is 17.0. The molecule has 0 aliphatic carbocycles. The van der Waals surface area contributed by atoms with Crippen LogP contribution in [0, 0.1) is 0 Å². The maximum atomic E-state index is 11.3. The fourth-order valence-electron chi connectivity index (χ4n) is 2.53. The predicted molar refractivity (Wildman–Crippen MR) is 95.2 cm³/mol. The van der Waals surface area contributed by atoms with Crippen LogP contribution in [-0.4, -0.2) is 29.1 Å². The third-order valence-corrected chi connectivity index (χ3v) is 3.70. The van der Waals surface area contributed by atoms with Crippen LogP contribution >= 0.6 is 0 Å². The van der Waals surface area contributed by atoms with E-state index in [1.807, 2.05) is 43.5 Å². The quantitative estimate of drug-likeness (QED) is 0.485. The molecule has 0 aliphatic rings. The summed E-state index contributed by atoms with van der Waals surface area (Å²) in [6, 6.07) is 9.89. The van der Waals surface area contributed by atoms with Crippen LogP contribution in [0.3, 0.4) is 0 Å². The predicted octanol–water partition coefficient (Wildman–Crippen LogP) is 4.13. The van der Waals surface area contributed by atoms with E-state index in [4.69, 9.17) is 4.74 Å². The van der Waals surface area contributed by atoms with Gasteiger partial charge in [-0.25, -0.2) is 4.98 Å². The molecule has 0 saturated carbocycles. The lowest BCUT2D eigenvalue weighted by molar-refractivity contribution is -0.143. The highest BCUT2D eigenvalue weighted by Crippen LogP contribution is 2.22. The molecule has 0 saturated heterocycles. The number of carbonyl (C=O) groups is 1. The Morgan fingerprint density at radius 3 is 2.67 bits per heavy atom. The highest BCUT2D eigenvalue weighted by Gasteiger charge is 2.10. The summed E-state index contributed by atoms with van der Waals surface area (Å²) in [7, 11) is 0. The first-order chi connectivity index (χ1) is 11.8. The van der Waals surface area contributed by atoms with Gasteiger partial charge in [0.2, 0.25) is 0 Å². The summed E-state index contributed by atoms with van der Waals surface area (Å²) in [4.78, 5) is 22.1. The Balaban J connectivity index is 1.81. The number of anilines is 2. The molecule has 0 radical (unpaired) electrons. The van der Waals surface area contributed by atoms with Crippen LogP contribution in [0.15, 0.2) is 48.9 Å². The maximum Gasteiger partial charge on any atom is 0.305 e. The smallest absolute Gasteiger partial charge is 0.305 e. The van der Waals surface area contributed by atoms with Gasteiger partial charge >= 0.3 is 5.97 Å². The zero-order valence-corrected chi connectivity index (χ0v) is 14.2. The van der Waals surface area contributed by atoms with Gasteiger partial charge in [-0.05, 0) is 44.0 Å². The first kappa shape index (κ1) is 17.9. The first-order valence-electron chi connectivity index (χ1n) is 8.55. The van der Waals surface area contributed by atoms with Crippen molar-refractivity contribution >= 4 is 17.5 Å². The average Bonchev–Trinajstić information content (AvgIpc) is 2.63. The van der Waals surface area contributed by atoms with Crippen LogP contribution in [0.2, 0.25) is 0 Å². The molecule has 0 aromatic carbocycles. The first-order valence-corrected chi connectivity index (χ1v) is 8.55. The van der Waals surface area contributed by atoms with Gasteiger partial charge in [0.05, 0.1) is 18.5 Å². The van der Waals surface area contributed by atoms with Crippen molar-refractivity contribution in [1.29, 1.82) is 0 Å².